The molecule has 0 radical (unpaired) electrons. The van der Waals surface area contributed by atoms with Crippen LogP contribution in [-0.4, -0.2) is 41.5 Å². The Bertz CT molecular complexity index is 345. The molecule has 2 N–H and O–H groups in total. The van der Waals surface area contributed by atoms with Gasteiger partial charge in [-0.25, -0.2) is 4.79 Å². The van der Waals surface area contributed by atoms with Gasteiger partial charge in [-0.1, -0.05) is 0 Å². The summed E-state index contributed by atoms with van der Waals surface area (Å²) >= 11 is 0. The van der Waals surface area contributed by atoms with E-state index in [-0.39, 0.29) is 29.4 Å². The number of urea groups is 1. The minimum absolute atomic E-state index is 0.0926. The molecule has 0 aromatic carbocycles. The summed E-state index contributed by atoms with van der Waals surface area (Å²) in [5, 5.41) is 5.81. The molecular weight excluding hydrogens is 230 g/mol. The van der Waals surface area contributed by atoms with Crippen molar-refractivity contribution in [3.63, 3.8) is 0 Å². The fourth-order valence-electron chi connectivity index (χ4n) is 2.23. The van der Waals surface area contributed by atoms with Gasteiger partial charge in [0.15, 0.2) is 0 Å². The first kappa shape index (κ1) is 13.2. The fourth-order valence-corrected chi connectivity index (χ4v) is 2.23. The third-order valence-corrected chi connectivity index (χ3v) is 3.25. The molecule has 0 spiro atoms. The molecular formula is C13H23N3O2. The summed E-state index contributed by atoms with van der Waals surface area (Å²) in [5.74, 6) is 0.544. The predicted octanol–water partition coefficient (Wildman–Crippen LogP) is 1.09. The van der Waals surface area contributed by atoms with Crippen molar-refractivity contribution >= 4 is 11.9 Å². The van der Waals surface area contributed by atoms with Gasteiger partial charge in [-0.3, -0.25) is 4.79 Å². The van der Waals surface area contributed by atoms with Gasteiger partial charge < -0.3 is 15.5 Å². The largest absolute Gasteiger partial charge is 0.340 e. The van der Waals surface area contributed by atoms with E-state index in [2.05, 4.69) is 10.6 Å². The lowest BCUT2D eigenvalue weighted by Crippen LogP contribution is -2.50. The third kappa shape index (κ3) is 3.62. The van der Waals surface area contributed by atoms with Gasteiger partial charge in [-0.15, -0.1) is 0 Å². The zero-order valence-corrected chi connectivity index (χ0v) is 11.5. The summed E-state index contributed by atoms with van der Waals surface area (Å²) in [6, 6.07) is -0.0525. The standard InChI is InChI=1S/C13H23N3O2/c1-13(2,3)15-12(18)14-10-6-7-16(8-10)11(17)9-4-5-9/h9-10H,4-8H2,1-3H3,(H2,14,15,18). The second-order valence-corrected chi connectivity index (χ2v) is 6.39. The summed E-state index contributed by atoms with van der Waals surface area (Å²) in [6.07, 6.45) is 2.94. The van der Waals surface area contributed by atoms with Crippen LogP contribution in [0.5, 0.6) is 0 Å². The van der Waals surface area contributed by atoms with Crippen molar-refractivity contribution in [1.82, 2.24) is 15.5 Å². The SMILES string of the molecule is CC(C)(C)NC(=O)NC1CCN(C(=O)C2CC2)C1. The van der Waals surface area contributed by atoms with E-state index in [4.69, 9.17) is 0 Å². The van der Waals surface area contributed by atoms with E-state index in [1.807, 2.05) is 25.7 Å². The molecule has 5 heteroatoms. The molecule has 0 aromatic heterocycles. The Balaban J connectivity index is 1.75. The van der Waals surface area contributed by atoms with Crippen LogP contribution in [0.1, 0.15) is 40.0 Å². The van der Waals surface area contributed by atoms with Gasteiger partial charge >= 0.3 is 6.03 Å². The van der Waals surface area contributed by atoms with E-state index >= 15 is 0 Å². The first-order chi connectivity index (χ1) is 8.35. The van der Waals surface area contributed by atoms with Gasteiger partial charge in [0.25, 0.3) is 0 Å². The minimum Gasteiger partial charge on any atom is -0.340 e. The van der Waals surface area contributed by atoms with E-state index < -0.39 is 0 Å². The Morgan fingerprint density at radius 1 is 1.17 bits per heavy atom. The molecule has 1 heterocycles. The van der Waals surface area contributed by atoms with E-state index in [9.17, 15) is 9.59 Å². The van der Waals surface area contributed by atoms with E-state index in [0.29, 0.717) is 6.54 Å². The topological polar surface area (TPSA) is 61.4 Å². The van der Waals surface area contributed by atoms with Crippen LogP contribution in [0.15, 0.2) is 0 Å². The number of amides is 3. The second kappa shape index (κ2) is 4.78. The molecule has 1 aliphatic heterocycles. The van der Waals surface area contributed by atoms with Gasteiger partial charge in [-0.05, 0) is 40.0 Å². The number of carbonyl (C=O) groups excluding carboxylic acids is 2. The van der Waals surface area contributed by atoms with Crippen molar-refractivity contribution in [2.24, 2.45) is 5.92 Å². The maximum atomic E-state index is 11.9. The minimum atomic E-state index is -0.230. The molecule has 1 aliphatic carbocycles. The van der Waals surface area contributed by atoms with Crippen molar-refractivity contribution in [3.8, 4) is 0 Å². The molecule has 18 heavy (non-hydrogen) atoms. The monoisotopic (exact) mass is 253 g/mol. The van der Waals surface area contributed by atoms with Crippen LogP contribution in [0.4, 0.5) is 4.79 Å². The third-order valence-electron chi connectivity index (χ3n) is 3.25. The number of likely N-dealkylation sites (tertiary alicyclic amines) is 1. The van der Waals surface area contributed by atoms with Crippen molar-refractivity contribution in [2.75, 3.05) is 13.1 Å². The Kier molecular flexibility index (Phi) is 3.50. The maximum Gasteiger partial charge on any atom is 0.315 e. The Morgan fingerprint density at radius 2 is 1.83 bits per heavy atom. The van der Waals surface area contributed by atoms with Crippen LogP contribution in [0.25, 0.3) is 0 Å². The van der Waals surface area contributed by atoms with Crippen molar-refractivity contribution in [1.29, 1.82) is 0 Å². The number of hydrogen-bond acceptors (Lipinski definition) is 2. The molecule has 3 amide bonds. The number of hydrogen-bond donors (Lipinski definition) is 2. The predicted molar refractivity (Wildman–Crippen MR) is 69.1 cm³/mol. The summed E-state index contributed by atoms with van der Waals surface area (Å²) in [4.78, 5) is 25.5. The number of carbonyl (C=O) groups is 2. The summed E-state index contributed by atoms with van der Waals surface area (Å²) < 4.78 is 0. The van der Waals surface area contributed by atoms with Crippen LogP contribution in [0.2, 0.25) is 0 Å². The van der Waals surface area contributed by atoms with Gasteiger partial charge in [0.2, 0.25) is 5.91 Å². The lowest BCUT2D eigenvalue weighted by atomic mass is 10.1. The molecule has 1 unspecified atom stereocenters. The van der Waals surface area contributed by atoms with Crippen LogP contribution in [0.3, 0.4) is 0 Å². The van der Waals surface area contributed by atoms with Crippen molar-refractivity contribution in [3.05, 3.63) is 0 Å². The summed E-state index contributed by atoms with van der Waals surface area (Å²) in [5.41, 5.74) is -0.230. The molecule has 1 saturated heterocycles. The van der Waals surface area contributed by atoms with Crippen LogP contribution in [-0.2, 0) is 4.79 Å². The first-order valence-electron chi connectivity index (χ1n) is 6.72. The summed E-state index contributed by atoms with van der Waals surface area (Å²) in [6.45, 7) is 7.28. The Labute approximate surface area is 108 Å². The molecule has 1 atom stereocenters. The Hall–Kier alpha value is -1.26. The lowest BCUT2D eigenvalue weighted by Gasteiger charge is -2.23. The normalized spacial score (nSPS) is 23.9. The first-order valence-corrected chi connectivity index (χ1v) is 6.72. The van der Waals surface area contributed by atoms with Crippen LogP contribution < -0.4 is 10.6 Å². The van der Waals surface area contributed by atoms with Gasteiger partial charge in [0.1, 0.15) is 0 Å². The number of nitrogens with zero attached hydrogens (tertiary/aromatic N) is 1. The lowest BCUT2D eigenvalue weighted by molar-refractivity contribution is -0.131. The zero-order valence-electron chi connectivity index (χ0n) is 11.5. The smallest absolute Gasteiger partial charge is 0.315 e. The highest BCUT2D eigenvalue weighted by molar-refractivity contribution is 5.81. The highest BCUT2D eigenvalue weighted by Gasteiger charge is 2.36. The molecule has 2 fully saturated rings. The van der Waals surface area contributed by atoms with Crippen molar-refractivity contribution < 1.29 is 9.59 Å². The van der Waals surface area contributed by atoms with Gasteiger partial charge in [0, 0.05) is 30.6 Å². The highest BCUT2D eigenvalue weighted by Crippen LogP contribution is 2.32. The van der Waals surface area contributed by atoms with Gasteiger partial charge in [-0.2, -0.15) is 0 Å². The fraction of sp³-hybridized carbons (Fsp3) is 0.846. The molecule has 0 bridgehead atoms. The zero-order chi connectivity index (χ0) is 13.3. The number of rotatable bonds is 2. The average Bonchev–Trinajstić information content (AvgIpc) is 2.96. The van der Waals surface area contributed by atoms with Crippen LogP contribution >= 0.6 is 0 Å². The maximum absolute atomic E-state index is 11.9. The quantitative estimate of drug-likeness (QED) is 0.774. The van der Waals surface area contributed by atoms with Crippen LogP contribution in [0, 0.1) is 5.92 Å². The molecule has 0 aromatic rings. The molecule has 2 rings (SSSR count). The van der Waals surface area contributed by atoms with E-state index in [0.717, 1.165) is 25.8 Å². The average molecular weight is 253 g/mol. The molecule has 5 nitrogen and oxygen atoms in total. The number of nitrogens with one attached hydrogen (secondary N) is 2. The summed E-state index contributed by atoms with van der Waals surface area (Å²) in [7, 11) is 0. The van der Waals surface area contributed by atoms with Crippen molar-refractivity contribution in [2.45, 2.75) is 51.6 Å². The van der Waals surface area contributed by atoms with E-state index in [1.165, 1.54) is 0 Å². The van der Waals surface area contributed by atoms with Gasteiger partial charge in [0.05, 0.1) is 0 Å². The molecule has 2 aliphatic rings. The second-order valence-electron chi connectivity index (χ2n) is 6.39. The highest BCUT2D eigenvalue weighted by atomic mass is 16.2. The van der Waals surface area contributed by atoms with E-state index in [1.54, 1.807) is 0 Å². The Morgan fingerprint density at radius 3 is 2.39 bits per heavy atom. The molecule has 102 valence electrons. The molecule has 1 saturated carbocycles.